The number of hydrogen-bond acceptors (Lipinski definition) is 0. The van der Waals surface area contributed by atoms with Crippen LogP contribution in [-0.4, -0.2) is 18.3 Å². The van der Waals surface area contributed by atoms with E-state index in [9.17, 15) is 0 Å². The summed E-state index contributed by atoms with van der Waals surface area (Å²) in [5, 5.41) is 6.71. The number of aromatic nitrogens is 4. The zero-order valence-corrected chi connectivity index (χ0v) is 33.6. The predicted octanol–water partition coefficient (Wildman–Crippen LogP) is 15.0. The number of benzene rings is 4. The maximum atomic E-state index is 4.20. The fourth-order valence-corrected chi connectivity index (χ4v) is 8.33. The summed E-state index contributed by atoms with van der Waals surface area (Å²) in [6, 6.07) is 39.9. The maximum Gasteiger partial charge on any atom is 0.106 e. The van der Waals surface area contributed by atoms with Crippen LogP contribution in [0, 0.1) is 12.1 Å². The van der Waals surface area contributed by atoms with Crippen molar-refractivity contribution in [1.29, 1.82) is 0 Å². The second-order valence-corrected chi connectivity index (χ2v) is 13.7. The molecule has 4 heteroatoms. The van der Waals surface area contributed by atoms with Crippen molar-refractivity contribution >= 4 is 82.5 Å². The van der Waals surface area contributed by atoms with Crippen molar-refractivity contribution in [2.75, 3.05) is 0 Å². The second-order valence-electron chi connectivity index (χ2n) is 13.7. The lowest BCUT2D eigenvalue weighted by Crippen LogP contribution is -1.95. The molecule has 4 aromatic heterocycles. The molecule has 9 rings (SSSR count). The third-order valence-electron chi connectivity index (χ3n) is 10.8. The van der Waals surface area contributed by atoms with E-state index in [0.29, 0.717) is 0 Å². The lowest BCUT2D eigenvalue weighted by atomic mass is 10.0. The molecule has 0 aliphatic rings. The highest BCUT2D eigenvalue weighted by Crippen LogP contribution is 2.42. The van der Waals surface area contributed by atoms with Gasteiger partial charge in [-0.25, -0.2) is 0 Å². The minimum Gasteiger partial charge on any atom is -0.317 e. The molecule has 58 heavy (non-hydrogen) atoms. The van der Waals surface area contributed by atoms with E-state index in [1.807, 2.05) is 69.4 Å². The molecule has 0 saturated carbocycles. The average molecular weight is 751 g/mol. The van der Waals surface area contributed by atoms with E-state index in [2.05, 4.69) is 173 Å². The third-order valence-corrected chi connectivity index (χ3v) is 10.8. The summed E-state index contributed by atoms with van der Waals surface area (Å²) in [4.78, 5) is 0. The van der Waals surface area contributed by atoms with E-state index in [0.717, 1.165) is 88.6 Å². The first-order valence-electron chi connectivity index (χ1n) is 19.8. The molecule has 0 radical (unpaired) electrons. The van der Waals surface area contributed by atoms with Gasteiger partial charge in [0.2, 0.25) is 0 Å². The molecular formula is C54H46N4. The van der Waals surface area contributed by atoms with Gasteiger partial charge in [0.25, 0.3) is 0 Å². The van der Waals surface area contributed by atoms with Crippen molar-refractivity contribution in [1.82, 2.24) is 18.3 Å². The van der Waals surface area contributed by atoms with Crippen molar-refractivity contribution in [2.45, 2.75) is 27.7 Å². The Morgan fingerprint density at radius 3 is 1.90 bits per heavy atom. The summed E-state index contributed by atoms with van der Waals surface area (Å²) in [5.41, 5.74) is 12.8. The molecule has 0 bridgehead atoms. The van der Waals surface area contributed by atoms with Gasteiger partial charge in [-0.15, -0.1) is 0 Å². The number of para-hydroxylation sites is 1. The zero-order chi connectivity index (χ0) is 40.5. The van der Waals surface area contributed by atoms with Gasteiger partial charge in [0.15, 0.2) is 0 Å². The van der Waals surface area contributed by atoms with Crippen LogP contribution in [0.15, 0.2) is 184 Å². The molecule has 0 atom stereocenters. The van der Waals surface area contributed by atoms with Crippen LogP contribution in [0.1, 0.15) is 27.7 Å². The average Bonchev–Trinajstić information content (AvgIpc) is 4.06. The monoisotopic (exact) mass is 750 g/mol. The van der Waals surface area contributed by atoms with Crippen LogP contribution in [0.4, 0.5) is 0 Å². The van der Waals surface area contributed by atoms with E-state index in [4.69, 9.17) is 0 Å². The molecule has 0 aliphatic heterocycles. The minimum atomic E-state index is 0.940. The van der Waals surface area contributed by atoms with Gasteiger partial charge in [0.1, 0.15) is 5.52 Å². The molecule has 0 amide bonds. The topological polar surface area (TPSA) is 19.7 Å². The first kappa shape index (κ1) is 37.4. The Bertz CT molecular complexity index is 3210. The Hall–Kier alpha value is -7.48. The van der Waals surface area contributed by atoms with Crippen LogP contribution in [0.25, 0.3) is 99.3 Å². The summed E-state index contributed by atoms with van der Waals surface area (Å²) in [6.45, 7) is 24.6. The van der Waals surface area contributed by atoms with Gasteiger partial charge in [0.05, 0.1) is 33.0 Å². The summed E-state index contributed by atoms with van der Waals surface area (Å²) in [6.07, 6.45) is 22.1. The van der Waals surface area contributed by atoms with E-state index >= 15 is 0 Å². The van der Waals surface area contributed by atoms with Gasteiger partial charge >= 0.3 is 0 Å². The number of fused-ring (bicyclic) bond motifs is 10. The van der Waals surface area contributed by atoms with Crippen molar-refractivity contribution in [3.05, 3.63) is 197 Å². The lowest BCUT2D eigenvalue weighted by Gasteiger charge is -2.11. The standard InChI is InChI=1S/C52H40N4.C2H6/c1-7-13-18-38(11-5)53-31-29-43-47(53)27-23-41-45-33-35(21-25-49(45)55(51(41)43)37(9-3)10-4)36-22-26-50-46(34-36)42-24-28-48-44(52(42)56(50)39(12-6)17-8-2)30-32-54(48)40-19-15-14-16-20-40;1-2/h7-23,25-27,29-34H,2-3,5-6H2,1,4H3;1-2H3/b13-7-,37-10+,38-18+,39-17+;. The molecule has 0 N–H and O–H groups in total. The van der Waals surface area contributed by atoms with Crippen LogP contribution in [0.2, 0.25) is 0 Å². The Morgan fingerprint density at radius 1 is 0.569 bits per heavy atom. The van der Waals surface area contributed by atoms with E-state index in [1.54, 1.807) is 0 Å². The Morgan fingerprint density at radius 2 is 1.22 bits per heavy atom. The summed E-state index contributed by atoms with van der Waals surface area (Å²) in [7, 11) is 0. The third kappa shape index (κ3) is 5.79. The van der Waals surface area contributed by atoms with Crippen molar-refractivity contribution < 1.29 is 0 Å². The van der Waals surface area contributed by atoms with Crippen molar-refractivity contribution in [3.63, 3.8) is 0 Å². The number of rotatable bonds is 10. The van der Waals surface area contributed by atoms with Crippen molar-refractivity contribution in [2.24, 2.45) is 0 Å². The molecule has 5 aromatic carbocycles. The van der Waals surface area contributed by atoms with Gasteiger partial charge in [-0.05, 0) is 116 Å². The lowest BCUT2D eigenvalue weighted by molar-refractivity contribution is 1.13. The molecule has 0 unspecified atom stereocenters. The van der Waals surface area contributed by atoms with Gasteiger partial charge in [-0.3, -0.25) is 0 Å². The highest BCUT2D eigenvalue weighted by atomic mass is 15.0. The van der Waals surface area contributed by atoms with Crippen LogP contribution >= 0.6 is 0 Å². The molecule has 0 saturated heterocycles. The number of hydrogen-bond donors (Lipinski definition) is 0. The smallest absolute Gasteiger partial charge is 0.106 e. The Labute approximate surface area is 340 Å². The first-order chi connectivity index (χ1) is 28.5. The van der Waals surface area contributed by atoms with Crippen molar-refractivity contribution in [3.8, 4) is 16.8 Å². The summed E-state index contributed by atoms with van der Waals surface area (Å²) in [5.74, 6) is 0. The van der Waals surface area contributed by atoms with Crippen LogP contribution < -0.4 is 0 Å². The first-order valence-corrected chi connectivity index (χ1v) is 19.8. The molecule has 282 valence electrons. The maximum absolute atomic E-state index is 4.20. The SMILES string of the molecule is C=C/C=C(\C=C)n1c2ccc(-c3ccc4c(c3)c3ccc5c(ccn5/C(C=C)=C/C=C\C)c3n4/C(C=C)=C/C)cc2c2c#cc3c(ccn3-c3ccccc3)c21.CC. The van der Waals surface area contributed by atoms with Gasteiger partial charge < -0.3 is 18.3 Å². The fourth-order valence-electron chi connectivity index (χ4n) is 8.33. The molecule has 4 nitrogen and oxygen atoms in total. The molecular weight excluding hydrogens is 705 g/mol. The zero-order valence-electron chi connectivity index (χ0n) is 33.6. The Balaban J connectivity index is 0.00000231. The molecule has 0 aliphatic carbocycles. The fraction of sp³-hybridized carbons (Fsp3) is 0.0741. The van der Waals surface area contributed by atoms with Gasteiger partial charge in [0, 0.05) is 62.1 Å². The van der Waals surface area contributed by atoms with E-state index < -0.39 is 0 Å². The molecule has 0 spiro atoms. The summed E-state index contributed by atoms with van der Waals surface area (Å²) < 4.78 is 8.99. The molecule has 9 aromatic rings. The minimum absolute atomic E-state index is 0.940. The van der Waals surface area contributed by atoms with Crippen LogP contribution in [-0.2, 0) is 0 Å². The molecule has 0 fully saturated rings. The van der Waals surface area contributed by atoms with E-state index in [1.165, 1.54) is 10.8 Å². The number of allylic oxidation sites excluding steroid dienone is 12. The Kier molecular flexibility index (Phi) is 10.1. The van der Waals surface area contributed by atoms with Gasteiger partial charge in [-0.2, -0.15) is 0 Å². The highest BCUT2D eigenvalue weighted by molar-refractivity contribution is 6.21. The quantitative estimate of drug-likeness (QED) is 0.124. The summed E-state index contributed by atoms with van der Waals surface area (Å²) >= 11 is 0. The second kappa shape index (κ2) is 15.6. The predicted molar refractivity (Wildman–Crippen MR) is 253 cm³/mol. The van der Waals surface area contributed by atoms with Crippen LogP contribution in [0.5, 0.6) is 0 Å². The number of nitrogens with zero attached hydrogens (tertiary/aromatic N) is 4. The normalized spacial score (nSPS) is 12.5. The molecule has 4 heterocycles. The largest absolute Gasteiger partial charge is 0.317 e. The van der Waals surface area contributed by atoms with E-state index in [-0.39, 0.29) is 0 Å². The van der Waals surface area contributed by atoms with Crippen LogP contribution in [0.3, 0.4) is 0 Å². The highest BCUT2D eigenvalue weighted by Gasteiger charge is 2.20. The van der Waals surface area contributed by atoms with Gasteiger partial charge in [-0.1, -0.05) is 107 Å².